The third-order valence-electron chi connectivity index (χ3n) is 2.73. The first-order chi connectivity index (χ1) is 9.13. The van der Waals surface area contributed by atoms with Gasteiger partial charge in [-0.25, -0.2) is 4.98 Å². The van der Waals surface area contributed by atoms with Gasteiger partial charge in [0.05, 0.1) is 5.69 Å². The number of fused-ring (bicyclic) bond motifs is 1. The molecule has 0 unspecified atom stereocenters. The zero-order valence-electron chi connectivity index (χ0n) is 9.80. The van der Waals surface area contributed by atoms with Crippen molar-refractivity contribution < 1.29 is 0 Å². The number of nitrogens with zero attached hydrogens (tertiary/aromatic N) is 3. The number of benzene rings is 1. The zero-order valence-corrected chi connectivity index (χ0v) is 10.6. The number of hydrogen-bond acceptors (Lipinski definition) is 4. The van der Waals surface area contributed by atoms with Crippen LogP contribution in [-0.2, 0) is 6.42 Å². The molecule has 0 saturated heterocycles. The Morgan fingerprint density at radius 3 is 2.89 bits per heavy atom. The largest absolute Gasteiger partial charge is 0.368 e. The summed E-state index contributed by atoms with van der Waals surface area (Å²) in [6.07, 6.45) is 0.470. The lowest BCUT2D eigenvalue weighted by Gasteiger charge is -2.03. The van der Waals surface area contributed by atoms with Gasteiger partial charge in [0.15, 0.2) is 0 Å². The Morgan fingerprint density at radius 1 is 1.32 bits per heavy atom. The van der Waals surface area contributed by atoms with Crippen molar-refractivity contribution in [2.45, 2.75) is 6.42 Å². The standard InChI is InChI=1S/C12H10ClN5O/c13-9-4-2-1-3-7(9)5-8-6-10(19)18-12(15-8)16-11(14)17-18/h1-4,6H,5H2,(H3,14,15,16,17). The lowest BCUT2D eigenvalue weighted by atomic mass is 10.1. The summed E-state index contributed by atoms with van der Waals surface area (Å²) in [7, 11) is 0. The SMILES string of the molecule is Nc1nc2nc(Cc3ccccc3Cl)cc(=O)n2[nH]1. The number of aromatic nitrogens is 4. The van der Waals surface area contributed by atoms with Crippen LogP contribution < -0.4 is 11.3 Å². The monoisotopic (exact) mass is 275 g/mol. The average Bonchev–Trinajstić information content (AvgIpc) is 2.73. The van der Waals surface area contributed by atoms with Crippen molar-refractivity contribution in [1.29, 1.82) is 0 Å². The molecule has 0 aliphatic carbocycles. The van der Waals surface area contributed by atoms with Gasteiger partial charge < -0.3 is 5.73 Å². The second-order valence-electron chi connectivity index (χ2n) is 4.10. The Bertz CT molecular complexity index is 807. The van der Waals surface area contributed by atoms with Crippen LogP contribution in [0.4, 0.5) is 5.95 Å². The van der Waals surface area contributed by atoms with E-state index in [9.17, 15) is 4.79 Å². The van der Waals surface area contributed by atoms with E-state index in [1.807, 2.05) is 18.2 Å². The fraction of sp³-hybridized carbons (Fsp3) is 0.0833. The Morgan fingerprint density at radius 2 is 2.11 bits per heavy atom. The van der Waals surface area contributed by atoms with Crippen LogP contribution in [0.3, 0.4) is 0 Å². The molecule has 7 heteroatoms. The van der Waals surface area contributed by atoms with Gasteiger partial charge >= 0.3 is 0 Å². The minimum atomic E-state index is -0.253. The molecule has 0 aliphatic rings. The number of nitrogens with one attached hydrogen (secondary N) is 1. The van der Waals surface area contributed by atoms with Gasteiger partial charge in [-0.3, -0.25) is 9.89 Å². The molecule has 0 bridgehead atoms. The molecule has 0 atom stereocenters. The second kappa shape index (κ2) is 4.40. The second-order valence-corrected chi connectivity index (χ2v) is 4.51. The molecule has 96 valence electrons. The highest BCUT2D eigenvalue weighted by molar-refractivity contribution is 6.31. The van der Waals surface area contributed by atoms with Crippen molar-refractivity contribution in [3.63, 3.8) is 0 Å². The molecule has 6 nitrogen and oxygen atoms in total. The summed E-state index contributed by atoms with van der Waals surface area (Å²) in [5, 5.41) is 3.26. The first-order valence-corrected chi connectivity index (χ1v) is 5.99. The van der Waals surface area contributed by atoms with Gasteiger partial charge in [0, 0.05) is 17.5 Å². The molecule has 19 heavy (non-hydrogen) atoms. The molecule has 0 aliphatic heterocycles. The highest BCUT2D eigenvalue weighted by Crippen LogP contribution is 2.17. The summed E-state index contributed by atoms with van der Waals surface area (Å²) in [6.45, 7) is 0. The predicted molar refractivity (Wildman–Crippen MR) is 72.3 cm³/mol. The van der Waals surface area contributed by atoms with Crippen molar-refractivity contribution in [1.82, 2.24) is 19.6 Å². The van der Waals surface area contributed by atoms with Crippen molar-refractivity contribution in [3.05, 3.63) is 57.0 Å². The molecule has 2 aromatic heterocycles. The van der Waals surface area contributed by atoms with Crippen LogP contribution in [0.2, 0.25) is 5.02 Å². The third kappa shape index (κ3) is 2.17. The number of nitrogens with two attached hydrogens (primary N) is 1. The molecule has 1 aromatic carbocycles. The van der Waals surface area contributed by atoms with Crippen molar-refractivity contribution in [2.24, 2.45) is 0 Å². The van der Waals surface area contributed by atoms with Crippen LogP contribution >= 0.6 is 11.6 Å². The summed E-state index contributed by atoms with van der Waals surface area (Å²) >= 11 is 6.08. The van der Waals surface area contributed by atoms with Gasteiger partial charge in [-0.2, -0.15) is 9.50 Å². The van der Waals surface area contributed by atoms with E-state index < -0.39 is 0 Å². The van der Waals surface area contributed by atoms with E-state index in [0.717, 1.165) is 5.56 Å². The number of rotatable bonds is 2. The first-order valence-electron chi connectivity index (χ1n) is 5.61. The Labute approximate surface area is 112 Å². The van der Waals surface area contributed by atoms with E-state index in [1.54, 1.807) is 6.07 Å². The maximum atomic E-state index is 11.9. The summed E-state index contributed by atoms with van der Waals surface area (Å²) < 4.78 is 1.20. The molecule has 0 spiro atoms. The maximum Gasteiger partial charge on any atom is 0.274 e. The highest BCUT2D eigenvalue weighted by atomic mass is 35.5. The Hall–Kier alpha value is -2.34. The van der Waals surface area contributed by atoms with E-state index in [0.29, 0.717) is 17.1 Å². The number of H-pyrrole nitrogens is 1. The molecule has 3 aromatic rings. The normalized spacial score (nSPS) is 11.0. The van der Waals surface area contributed by atoms with Crippen LogP contribution in [-0.4, -0.2) is 19.6 Å². The maximum absolute atomic E-state index is 11.9. The minimum absolute atomic E-state index is 0.152. The van der Waals surface area contributed by atoms with Crippen LogP contribution in [0, 0.1) is 0 Å². The molecule has 0 amide bonds. The van der Waals surface area contributed by atoms with Crippen LogP contribution in [0.25, 0.3) is 5.78 Å². The van der Waals surface area contributed by atoms with Crippen molar-refractivity contribution in [2.75, 3.05) is 5.73 Å². The smallest absolute Gasteiger partial charge is 0.274 e. The van der Waals surface area contributed by atoms with E-state index in [2.05, 4.69) is 15.1 Å². The Balaban J connectivity index is 2.07. The van der Waals surface area contributed by atoms with Gasteiger partial charge in [-0.15, -0.1) is 0 Å². The van der Waals surface area contributed by atoms with Crippen LogP contribution in [0.1, 0.15) is 11.3 Å². The van der Waals surface area contributed by atoms with Crippen LogP contribution in [0.15, 0.2) is 35.1 Å². The Kier molecular flexibility index (Phi) is 2.72. The van der Waals surface area contributed by atoms with Gasteiger partial charge in [0.1, 0.15) is 0 Å². The number of hydrogen-bond donors (Lipinski definition) is 2. The molecule has 3 N–H and O–H groups in total. The first kappa shape index (κ1) is 11.7. The third-order valence-corrected chi connectivity index (χ3v) is 3.10. The lowest BCUT2D eigenvalue weighted by molar-refractivity contribution is 0.883. The molecule has 3 rings (SSSR count). The number of anilines is 1. The molecular weight excluding hydrogens is 266 g/mol. The predicted octanol–water partition coefficient (Wildman–Crippen LogP) is 1.24. The van der Waals surface area contributed by atoms with E-state index in [4.69, 9.17) is 17.3 Å². The molecular formula is C12H10ClN5O. The fourth-order valence-corrected chi connectivity index (χ4v) is 2.07. The van der Waals surface area contributed by atoms with E-state index >= 15 is 0 Å². The molecule has 0 saturated carbocycles. The zero-order chi connectivity index (χ0) is 13.4. The number of aromatic amines is 1. The van der Waals surface area contributed by atoms with Crippen molar-refractivity contribution in [3.8, 4) is 0 Å². The van der Waals surface area contributed by atoms with Gasteiger partial charge in [0.2, 0.25) is 5.95 Å². The highest BCUT2D eigenvalue weighted by Gasteiger charge is 2.08. The number of halogens is 1. The van der Waals surface area contributed by atoms with Crippen molar-refractivity contribution >= 4 is 23.3 Å². The summed E-state index contributed by atoms with van der Waals surface area (Å²) in [5.74, 6) is 0.409. The fourth-order valence-electron chi connectivity index (χ4n) is 1.87. The molecule has 0 fully saturated rings. The minimum Gasteiger partial charge on any atom is -0.368 e. The number of nitrogen functional groups attached to an aromatic ring is 1. The van der Waals surface area contributed by atoms with Gasteiger partial charge in [-0.1, -0.05) is 29.8 Å². The van der Waals surface area contributed by atoms with Gasteiger partial charge in [-0.05, 0) is 11.6 Å². The topological polar surface area (TPSA) is 89.1 Å². The summed E-state index contributed by atoms with van der Waals surface area (Å²) in [5.41, 5.74) is 6.75. The summed E-state index contributed by atoms with van der Waals surface area (Å²) in [4.78, 5) is 20.1. The van der Waals surface area contributed by atoms with Gasteiger partial charge in [0.25, 0.3) is 11.3 Å². The van der Waals surface area contributed by atoms with Crippen LogP contribution in [0.5, 0.6) is 0 Å². The quantitative estimate of drug-likeness (QED) is 0.736. The lowest BCUT2D eigenvalue weighted by Crippen LogP contribution is -2.16. The molecule has 0 radical (unpaired) electrons. The van der Waals surface area contributed by atoms with E-state index in [1.165, 1.54) is 10.6 Å². The summed E-state index contributed by atoms with van der Waals surface area (Å²) in [6, 6.07) is 8.87. The van der Waals surface area contributed by atoms with E-state index in [-0.39, 0.29) is 17.3 Å². The average molecular weight is 276 g/mol. The molecule has 2 heterocycles.